The second kappa shape index (κ2) is 5.34. The second-order valence-electron chi connectivity index (χ2n) is 3.66. The van der Waals surface area contributed by atoms with Gasteiger partial charge in [-0.05, 0) is 44.8 Å². The predicted molar refractivity (Wildman–Crippen MR) is 72.1 cm³/mol. The van der Waals surface area contributed by atoms with Crippen molar-refractivity contribution in [1.82, 2.24) is 0 Å². The minimum Gasteiger partial charge on any atom is -0.496 e. The first-order chi connectivity index (χ1) is 8.26. The Kier molecular flexibility index (Phi) is 3.82. The number of ether oxygens (including phenoxy) is 1. The number of rotatable bonds is 3. The van der Waals surface area contributed by atoms with Crippen molar-refractivity contribution < 1.29 is 9.84 Å². The van der Waals surface area contributed by atoms with E-state index in [4.69, 9.17) is 4.74 Å². The lowest BCUT2D eigenvalue weighted by Gasteiger charge is -2.10. The van der Waals surface area contributed by atoms with Gasteiger partial charge in [-0.1, -0.05) is 30.3 Å². The van der Waals surface area contributed by atoms with Crippen LogP contribution in [0.3, 0.4) is 0 Å². The van der Waals surface area contributed by atoms with Crippen molar-refractivity contribution >= 4 is 15.9 Å². The molecule has 2 aromatic rings. The zero-order valence-electron chi connectivity index (χ0n) is 9.48. The lowest BCUT2D eigenvalue weighted by molar-refractivity contribution is 0.282. The normalized spacial score (nSPS) is 10.3. The molecule has 0 unspecified atom stereocenters. The van der Waals surface area contributed by atoms with Gasteiger partial charge in [-0.3, -0.25) is 0 Å². The molecule has 88 valence electrons. The Morgan fingerprint density at radius 2 is 1.94 bits per heavy atom. The van der Waals surface area contributed by atoms with E-state index in [1.165, 1.54) is 0 Å². The van der Waals surface area contributed by atoms with Crippen molar-refractivity contribution in [3.05, 3.63) is 52.5 Å². The molecule has 0 aliphatic heterocycles. The molecule has 0 heterocycles. The molecule has 1 N–H and O–H groups in total. The first-order valence-electron chi connectivity index (χ1n) is 5.29. The molecule has 0 fully saturated rings. The zero-order chi connectivity index (χ0) is 12.3. The first kappa shape index (κ1) is 12.1. The van der Waals surface area contributed by atoms with Gasteiger partial charge in [0.25, 0.3) is 0 Å². The average molecular weight is 293 g/mol. The summed E-state index contributed by atoms with van der Waals surface area (Å²) in [5.41, 5.74) is 2.98. The Hall–Kier alpha value is -1.32. The van der Waals surface area contributed by atoms with Gasteiger partial charge in [0.1, 0.15) is 5.75 Å². The van der Waals surface area contributed by atoms with E-state index in [9.17, 15) is 5.11 Å². The van der Waals surface area contributed by atoms with Gasteiger partial charge >= 0.3 is 0 Å². The van der Waals surface area contributed by atoms with E-state index in [1.807, 2.05) is 42.5 Å². The van der Waals surface area contributed by atoms with E-state index in [0.717, 1.165) is 26.9 Å². The maximum atomic E-state index is 9.32. The summed E-state index contributed by atoms with van der Waals surface area (Å²) in [5.74, 6) is 0.787. The molecule has 2 rings (SSSR count). The molecule has 0 aliphatic rings. The zero-order valence-corrected chi connectivity index (χ0v) is 11.1. The largest absolute Gasteiger partial charge is 0.496 e. The third kappa shape index (κ3) is 2.51. The van der Waals surface area contributed by atoms with Gasteiger partial charge in [0.15, 0.2) is 0 Å². The van der Waals surface area contributed by atoms with Crippen LogP contribution >= 0.6 is 15.9 Å². The molecule has 2 nitrogen and oxygen atoms in total. The number of hydrogen-bond donors (Lipinski definition) is 1. The SMILES string of the molecule is COc1cc(-c2ccccc2CO)ccc1Br. The van der Waals surface area contributed by atoms with Crippen LogP contribution in [0.15, 0.2) is 46.9 Å². The van der Waals surface area contributed by atoms with Crippen molar-refractivity contribution in [3.63, 3.8) is 0 Å². The quantitative estimate of drug-likeness (QED) is 0.936. The van der Waals surface area contributed by atoms with E-state index in [0.29, 0.717) is 0 Å². The van der Waals surface area contributed by atoms with Crippen molar-refractivity contribution in [2.75, 3.05) is 7.11 Å². The van der Waals surface area contributed by atoms with Crippen molar-refractivity contribution in [3.8, 4) is 16.9 Å². The molecular formula is C14H13BrO2. The molecule has 3 heteroatoms. The fourth-order valence-electron chi connectivity index (χ4n) is 1.77. The molecule has 0 radical (unpaired) electrons. The number of methoxy groups -OCH3 is 1. The fraction of sp³-hybridized carbons (Fsp3) is 0.143. The summed E-state index contributed by atoms with van der Waals surface area (Å²) in [4.78, 5) is 0. The topological polar surface area (TPSA) is 29.5 Å². The highest BCUT2D eigenvalue weighted by Gasteiger charge is 2.06. The Balaban J connectivity index is 2.53. The summed E-state index contributed by atoms with van der Waals surface area (Å²) in [6, 6.07) is 13.7. The summed E-state index contributed by atoms with van der Waals surface area (Å²) in [6.45, 7) is 0.0363. The standard InChI is InChI=1S/C14H13BrO2/c1-17-14-8-10(6-7-13(14)15)12-5-3-2-4-11(12)9-16/h2-8,16H,9H2,1H3. The molecular weight excluding hydrogens is 280 g/mol. The highest BCUT2D eigenvalue weighted by atomic mass is 79.9. The van der Waals surface area contributed by atoms with Crippen LogP contribution in [0, 0.1) is 0 Å². The van der Waals surface area contributed by atoms with E-state index in [2.05, 4.69) is 15.9 Å². The summed E-state index contributed by atoms with van der Waals surface area (Å²) >= 11 is 3.42. The molecule has 17 heavy (non-hydrogen) atoms. The van der Waals surface area contributed by atoms with Crippen molar-refractivity contribution in [2.24, 2.45) is 0 Å². The van der Waals surface area contributed by atoms with Crippen LogP contribution in [0.5, 0.6) is 5.75 Å². The Bertz CT molecular complexity index is 523. The molecule has 0 saturated heterocycles. The molecule has 0 atom stereocenters. The van der Waals surface area contributed by atoms with E-state index in [1.54, 1.807) is 7.11 Å². The number of aliphatic hydroxyl groups is 1. The number of aliphatic hydroxyl groups excluding tert-OH is 1. The first-order valence-corrected chi connectivity index (χ1v) is 6.08. The van der Waals surface area contributed by atoms with E-state index < -0.39 is 0 Å². The van der Waals surface area contributed by atoms with E-state index >= 15 is 0 Å². The summed E-state index contributed by atoms with van der Waals surface area (Å²) in [5, 5.41) is 9.32. The van der Waals surface area contributed by atoms with Crippen molar-refractivity contribution in [1.29, 1.82) is 0 Å². The van der Waals surface area contributed by atoms with Gasteiger partial charge in [-0.2, -0.15) is 0 Å². The molecule has 0 aromatic heterocycles. The molecule has 0 spiro atoms. The summed E-state index contributed by atoms with van der Waals surface area (Å²) < 4.78 is 6.19. The maximum absolute atomic E-state index is 9.32. The van der Waals surface area contributed by atoms with Crippen molar-refractivity contribution in [2.45, 2.75) is 6.61 Å². The molecule has 0 aliphatic carbocycles. The van der Waals surface area contributed by atoms with Gasteiger partial charge in [0.05, 0.1) is 18.2 Å². The van der Waals surface area contributed by atoms with Crippen LogP contribution in [0.2, 0.25) is 0 Å². The number of benzene rings is 2. The van der Waals surface area contributed by atoms with Gasteiger partial charge < -0.3 is 9.84 Å². The Morgan fingerprint density at radius 3 is 2.65 bits per heavy atom. The maximum Gasteiger partial charge on any atom is 0.133 e. The van der Waals surface area contributed by atoms with Crippen LogP contribution in [0.4, 0.5) is 0 Å². The van der Waals surface area contributed by atoms with Gasteiger partial charge in [0, 0.05) is 0 Å². The number of halogens is 1. The van der Waals surface area contributed by atoms with Gasteiger partial charge in [-0.25, -0.2) is 0 Å². The highest BCUT2D eigenvalue weighted by Crippen LogP contribution is 2.32. The lowest BCUT2D eigenvalue weighted by atomic mass is 10.00. The summed E-state index contributed by atoms with van der Waals surface area (Å²) in [7, 11) is 1.64. The highest BCUT2D eigenvalue weighted by molar-refractivity contribution is 9.10. The third-order valence-corrected chi connectivity index (χ3v) is 3.30. The van der Waals surface area contributed by atoms with Gasteiger partial charge in [0.2, 0.25) is 0 Å². The third-order valence-electron chi connectivity index (χ3n) is 2.65. The number of hydrogen-bond acceptors (Lipinski definition) is 2. The Labute approximate surface area is 109 Å². The smallest absolute Gasteiger partial charge is 0.133 e. The average Bonchev–Trinajstić information content (AvgIpc) is 2.39. The fourth-order valence-corrected chi connectivity index (χ4v) is 2.18. The molecule has 0 saturated carbocycles. The lowest BCUT2D eigenvalue weighted by Crippen LogP contribution is -1.90. The predicted octanol–water partition coefficient (Wildman–Crippen LogP) is 3.62. The molecule has 0 bridgehead atoms. The monoisotopic (exact) mass is 292 g/mol. The van der Waals surface area contributed by atoms with Crippen LogP contribution in [0.1, 0.15) is 5.56 Å². The summed E-state index contributed by atoms with van der Waals surface area (Å²) in [6.07, 6.45) is 0. The molecule has 2 aromatic carbocycles. The second-order valence-corrected chi connectivity index (χ2v) is 4.52. The van der Waals surface area contributed by atoms with Crippen LogP contribution in [-0.2, 0) is 6.61 Å². The Morgan fingerprint density at radius 1 is 1.18 bits per heavy atom. The minimum absolute atomic E-state index is 0.0363. The van der Waals surface area contributed by atoms with Crippen LogP contribution in [0.25, 0.3) is 11.1 Å². The van der Waals surface area contributed by atoms with Crippen LogP contribution < -0.4 is 4.74 Å². The minimum atomic E-state index is 0.0363. The molecule has 0 amide bonds. The van der Waals surface area contributed by atoms with Crippen LogP contribution in [-0.4, -0.2) is 12.2 Å². The van der Waals surface area contributed by atoms with E-state index in [-0.39, 0.29) is 6.61 Å². The van der Waals surface area contributed by atoms with Gasteiger partial charge in [-0.15, -0.1) is 0 Å².